The van der Waals surface area contributed by atoms with Gasteiger partial charge in [-0.25, -0.2) is 4.39 Å². The first-order chi connectivity index (χ1) is 13.1. The maximum Gasteiger partial charge on any atom is 0.180 e. The van der Waals surface area contributed by atoms with Gasteiger partial charge in [-0.1, -0.05) is 43.3 Å². The van der Waals surface area contributed by atoms with E-state index in [4.69, 9.17) is 11.6 Å². The second-order valence-corrected chi connectivity index (χ2v) is 7.75. The van der Waals surface area contributed by atoms with E-state index < -0.39 is 28.6 Å². The van der Waals surface area contributed by atoms with Crippen LogP contribution in [0.4, 0.5) is 4.39 Å². The van der Waals surface area contributed by atoms with Crippen molar-refractivity contribution in [3.8, 4) is 11.1 Å². The minimum Gasteiger partial charge on any atom is -0.506 e. The average molecular weight is 399 g/mol. The summed E-state index contributed by atoms with van der Waals surface area (Å²) in [5.74, 6) is -1.90. The molecular weight excluding hydrogens is 379 g/mol. The Morgan fingerprint density at radius 1 is 1.07 bits per heavy atom. The number of Topliss-reactive ketones (excluding diaryl/α,β-unsaturated/α-hetero) is 2. The smallest absolute Gasteiger partial charge is 0.180 e. The second kappa shape index (κ2) is 7.02. The van der Waals surface area contributed by atoms with Gasteiger partial charge < -0.3 is 5.11 Å². The van der Waals surface area contributed by atoms with Crippen LogP contribution in [0.25, 0.3) is 16.7 Å². The molecule has 0 spiro atoms. The molecular formula is C23H20ClFO3. The number of benzene rings is 2. The third-order valence-electron chi connectivity index (χ3n) is 5.17. The van der Waals surface area contributed by atoms with E-state index in [9.17, 15) is 19.1 Å². The highest BCUT2D eigenvalue weighted by atomic mass is 35.5. The van der Waals surface area contributed by atoms with Crippen LogP contribution in [0.5, 0.6) is 0 Å². The van der Waals surface area contributed by atoms with Gasteiger partial charge in [0.05, 0.1) is 21.6 Å². The summed E-state index contributed by atoms with van der Waals surface area (Å²) in [6.45, 7) is 8.65. The van der Waals surface area contributed by atoms with E-state index >= 15 is 0 Å². The molecule has 0 atom stereocenters. The fourth-order valence-electron chi connectivity index (χ4n) is 3.38. The van der Waals surface area contributed by atoms with Crippen LogP contribution < -0.4 is 0 Å². The highest BCUT2D eigenvalue weighted by Crippen LogP contribution is 2.41. The SMILES string of the molecule is C=C1C(=O)C(C)(C)C(=O)C(c2cc(-c3ccc(Cl)c(F)c3)ccc2CC)=C1O. The summed E-state index contributed by atoms with van der Waals surface area (Å²) < 4.78 is 13.9. The summed E-state index contributed by atoms with van der Waals surface area (Å²) >= 11 is 5.77. The fourth-order valence-corrected chi connectivity index (χ4v) is 3.50. The standard InChI is InChI=1S/C23H20ClFO3/c1-5-13-6-7-14(15-8-9-17(24)18(25)11-15)10-16(13)19-20(26)12(2)21(27)23(3,4)22(19)28/h6-11,26H,2,5H2,1,3-4H3. The molecule has 0 radical (unpaired) electrons. The Balaban J connectivity index is 2.26. The van der Waals surface area contributed by atoms with Crippen molar-refractivity contribution in [2.24, 2.45) is 5.41 Å². The van der Waals surface area contributed by atoms with E-state index in [0.717, 1.165) is 5.56 Å². The molecule has 0 aromatic heterocycles. The van der Waals surface area contributed by atoms with Gasteiger partial charge in [0, 0.05) is 0 Å². The van der Waals surface area contributed by atoms with Crippen LogP contribution in [0.15, 0.2) is 54.3 Å². The van der Waals surface area contributed by atoms with Gasteiger partial charge in [0.15, 0.2) is 11.6 Å². The predicted molar refractivity (Wildman–Crippen MR) is 109 cm³/mol. The first-order valence-electron chi connectivity index (χ1n) is 8.90. The number of carbonyl (C=O) groups is 2. The number of carbonyl (C=O) groups excluding carboxylic acids is 2. The van der Waals surface area contributed by atoms with E-state index in [2.05, 4.69) is 6.58 Å². The third kappa shape index (κ3) is 3.08. The number of hydrogen-bond acceptors (Lipinski definition) is 3. The molecule has 1 N–H and O–H groups in total. The maximum atomic E-state index is 13.9. The molecule has 144 valence electrons. The molecule has 5 heteroatoms. The Morgan fingerprint density at radius 3 is 2.29 bits per heavy atom. The van der Waals surface area contributed by atoms with Gasteiger partial charge >= 0.3 is 0 Å². The van der Waals surface area contributed by atoms with E-state index in [1.54, 1.807) is 12.1 Å². The van der Waals surface area contributed by atoms with Crippen molar-refractivity contribution >= 4 is 28.7 Å². The minimum absolute atomic E-state index is 0.0218. The molecule has 1 aliphatic rings. The molecule has 0 heterocycles. The third-order valence-corrected chi connectivity index (χ3v) is 5.48. The Kier molecular flexibility index (Phi) is 5.02. The van der Waals surface area contributed by atoms with Gasteiger partial charge in [-0.3, -0.25) is 9.59 Å². The van der Waals surface area contributed by atoms with Crippen LogP contribution in [0.3, 0.4) is 0 Å². The lowest BCUT2D eigenvalue weighted by Gasteiger charge is -2.30. The maximum absolute atomic E-state index is 13.9. The van der Waals surface area contributed by atoms with Gasteiger partial charge in [0.25, 0.3) is 0 Å². The van der Waals surface area contributed by atoms with Crippen LogP contribution in [0, 0.1) is 11.2 Å². The molecule has 1 aliphatic carbocycles. The number of halogens is 2. The van der Waals surface area contributed by atoms with Gasteiger partial charge in [-0.15, -0.1) is 0 Å². The number of aliphatic hydroxyl groups excluding tert-OH is 1. The van der Waals surface area contributed by atoms with E-state index in [-0.39, 0.29) is 16.2 Å². The number of aliphatic hydroxyl groups is 1. The predicted octanol–water partition coefficient (Wildman–Crippen LogP) is 5.71. The summed E-state index contributed by atoms with van der Waals surface area (Å²) in [5.41, 5.74) is 1.27. The zero-order valence-corrected chi connectivity index (χ0v) is 16.7. The Hall–Kier alpha value is -2.72. The Bertz CT molecular complexity index is 1060. The highest BCUT2D eigenvalue weighted by molar-refractivity contribution is 6.37. The zero-order chi connectivity index (χ0) is 20.8. The van der Waals surface area contributed by atoms with Crippen molar-refractivity contribution in [1.29, 1.82) is 0 Å². The molecule has 28 heavy (non-hydrogen) atoms. The monoisotopic (exact) mass is 398 g/mol. The van der Waals surface area contributed by atoms with Crippen LogP contribution >= 0.6 is 11.6 Å². The number of rotatable bonds is 3. The van der Waals surface area contributed by atoms with Crippen molar-refractivity contribution in [3.63, 3.8) is 0 Å². The van der Waals surface area contributed by atoms with Gasteiger partial charge in [-0.05, 0) is 60.7 Å². The lowest BCUT2D eigenvalue weighted by molar-refractivity contribution is -0.133. The van der Waals surface area contributed by atoms with Crippen LogP contribution in [0.1, 0.15) is 31.9 Å². The summed E-state index contributed by atoms with van der Waals surface area (Å²) in [5, 5.41) is 10.6. The van der Waals surface area contributed by atoms with Crippen molar-refractivity contribution in [2.45, 2.75) is 27.2 Å². The molecule has 3 nitrogen and oxygen atoms in total. The zero-order valence-electron chi connectivity index (χ0n) is 15.9. The Morgan fingerprint density at radius 2 is 1.68 bits per heavy atom. The number of aryl methyl sites for hydroxylation is 1. The van der Waals surface area contributed by atoms with Gasteiger partial charge in [0.2, 0.25) is 0 Å². The number of allylic oxidation sites excluding steroid dienone is 2. The summed E-state index contributed by atoms with van der Waals surface area (Å²) in [6, 6.07) is 9.84. The minimum atomic E-state index is -1.31. The number of ketones is 2. The first-order valence-corrected chi connectivity index (χ1v) is 9.28. The van der Waals surface area contributed by atoms with E-state index in [1.807, 2.05) is 19.1 Å². The largest absolute Gasteiger partial charge is 0.506 e. The van der Waals surface area contributed by atoms with Gasteiger partial charge in [-0.2, -0.15) is 0 Å². The molecule has 0 aliphatic heterocycles. The summed E-state index contributed by atoms with van der Waals surface area (Å²) in [6.07, 6.45) is 0.607. The lowest BCUT2D eigenvalue weighted by atomic mass is 9.70. The fraction of sp³-hybridized carbons (Fsp3) is 0.217. The number of hydrogen-bond donors (Lipinski definition) is 1. The summed E-state index contributed by atoms with van der Waals surface area (Å²) in [4.78, 5) is 25.5. The van der Waals surface area contributed by atoms with Crippen LogP contribution in [-0.4, -0.2) is 16.7 Å². The molecule has 2 aromatic carbocycles. The van der Waals surface area contributed by atoms with Crippen molar-refractivity contribution in [1.82, 2.24) is 0 Å². The topological polar surface area (TPSA) is 54.4 Å². The van der Waals surface area contributed by atoms with Gasteiger partial charge in [0.1, 0.15) is 11.6 Å². The lowest BCUT2D eigenvalue weighted by Crippen LogP contribution is -2.39. The molecule has 0 saturated carbocycles. The molecule has 0 saturated heterocycles. The molecule has 0 unspecified atom stereocenters. The molecule has 0 amide bonds. The highest BCUT2D eigenvalue weighted by Gasteiger charge is 2.46. The second-order valence-electron chi connectivity index (χ2n) is 7.34. The molecule has 2 aromatic rings. The normalized spacial score (nSPS) is 16.7. The van der Waals surface area contributed by atoms with Crippen LogP contribution in [-0.2, 0) is 16.0 Å². The van der Waals surface area contributed by atoms with E-state index in [0.29, 0.717) is 23.1 Å². The quantitative estimate of drug-likeness (QED) is 0.532. The van der Waals surface area contributed by atoms with Crippen LogP contribution in [0.2, 0.25) is 5.02 Å². The van der Waals surface area contributed by atoms with E-state index in [1.165, 1.54) is 26.0 Å². The molecule has 0 fully saturated rings. The first kappa shape index (κ1) is 20.0. The van der Waals surface area contributed by atoms with Crippen molar-refractivity contribution < 1.29 is 19.1 Å². The Labute approximate surface area is 168 Å². The molecule has 0 bridgehead atoms. The average Bonchev–Trinajstić information content (AvgIpc) is 2.67. The molecule has 3 rings (SSSR count). The van der Waals surface area contributed by atoms with Crippen molar-refractivity contribution in [2.75, 3.05) is 0 Å². The van der Waals surface area contributed by atoms with Crippen molar-refractivity contribution in [3.05, 3.63) is 76.3 Å². The summed E-state index contributed by atoms with van der Waals surface area (Å²) in [7, 11) is 0.